The van der Waals surface area contributed by atoms with Gasteiger partial charge in [-0.3, -0.25) is 4.79 Å². The van der Waals surface area contributed by atoms with Crippen LogP contribution in [-0.2, 0) is 4.79 Å². The zero-order chi connectivity index (χ0) is 16.8. The first-order valence-corrected chi connectivity index (χ1v) is 8.77. The molecule has 0 aliphatic carbocycles. The van der Waals surface area contributed by atoms with E-state index in [1.54, 1.807) is 7.11 Å². The first kappa shape index (κ1) is 16.8. The minimum atomic E-state index is -0.193. The lowest BCUT2D eigenvalue weighted by Gasteiger charge is -2.26. The fraction of sp³-hybridized carbons (Fsp3) is 0.450. The number of nitrogens with zero attached hydrogens (tertiary/aromatic N) is 1. The highest BCUT2D eigenvalue weighted by molar-refractivity contribution is 5.92. The summed E-state index contributed by atoms with van der Waals surface area (Å²) in [5.74, 6) is 0.929. The summed E-state index contributed by atoms with van der Waals surface area (Å²) in [4.78, 5) is 14.7. The number of ether oxygens (including phenoxy) is 2. The van der Waals surface area contributed by atoms with Gasteiger partial charge in [0.05, 0.1) is 7.11 Å². The average molecular weight is 327 g/mol. The standard InChI is InChI=1S/C20H25NO3/c1-23-18-12-11-16-8-3-4-9-17(16)20(18)24-19(22)10-7-15-21-13-5-2-6-14-21/h3-4,8-9,11-12H,2,5-7,10,13-15H2,1H3. The Hall–Kier alpha value is -2.07. The first-order chi connectivity index (χ1) is 11.8. The maximum Gasteiger partial charge on any atom is 0.311 e. The van der Waals surface area contributed by atoms with E-state index < -0.39 is 0 Å². The molecule has 0 atom stereocenters. The van der Waals surface area contributed by atoms with Gasteiger partial charge in [0.2, 0.25) is 0 Å². The number of likely N-dealkylation sites (tertiary alicyclic amines) is 1. The van der Waals surface area contributed by atoms with Crippen LogP contribution in [0.3, 0.4) is 0 Å². The number of benzene rings is 2. The lowest BCUT2D eigenvalue weighted by molar-refractivity contribution is -0.134. The van der Waals surface area contributed by atoms with Crippen molar-refractivity contribution in [1.29, 1.82) is 0 Å². The predicted molar refractivity (Wildman–Crippen MR) is 95.7 cm³/mol. The summed E-state index contributed by atoms with van der Waals surface area (Å²) in [6, 6.07) is 11.7. The van der Waals surface area contributed by atoms with Crippen molar-refractivity contribution in [3.05, 3.63) is 36.4 Å². The molecule has 0 aromatic heterocycles. The molecule has 4 heteroatoms. The summed E-state index contributed by atoms with van der Waals surface area (Å²) in [5.41, 5.74) is 0. The Bertz CT molecular complexity index is 692. The molecule has 1 aliphatic heterocycles. The van der Waals surface area contributed by atoms with E-state index >= 15 is 0 Å². The summed E-state index contributed by atoms with van der Waals surface area (Å²) < 4.78 is 11.0. The number of fused-ring (bicyclic) bond motifs is 1. The summed E-state index contributed by atoms with van der Waals surface area (Å²) in [5, 5.41) is 1.94. The second kappa shape index (κ2) is 8.15. The van der Waals surface area contributed by atoms with Gasteiger partial charge in [0.1, 0.15) is 0 Å². The van der Waals surface area contributed by atoms with Crippen LogP contribution >= 0.6 is 0 Å². The van der Waals surface area contributed by atoms with Crippen LogP contribution in [0.25, 0.3) is 10.8 Å². The number of esters is 1. The Kier molecular flexibility index (Phi) is 5.70. The van der Waals surface area contributed by atoms with E-state index in [2.05, 4.69) is 4.90 Å². The third-order valence-electron chi connectivity index (χ3n) is 4.58. The summed E-state index contributed by atoms with van der Waals surface area (Å²) in [6.45, 7) is 3.29. The van der Waals surface area contributed by atoms with Gasteiger partial charge in [-0.25, -0.2) is 0 Å². The Morgan fingerprint density at radius 3 is 2.67 bits per heavy atom. The Labute approximate surface area is 143 Å². The molecule has 1 saturated heterocycles. The van der Waals surface area contributed by atoms with Gasteiger partial charge in [-0.05, 0) is 50.3 Å². The van der Waals surface area contributed by atoms with Crippen molar-refractivity contribution in [3.63, 3.8) is 0 Å². The molecule has 3 rings (SSSR count). The van der Waals surface area contributed by atoms with E-state index in [-0.39, 0.29) is 5.97 Å². The highest BCUT2D eigenvalue weighted by Gasteiger charge is 2.15. The van der Waals surface area contributed by atoms with Crippen LogP contribution in [-0.4, -0.2) is 37.6 Å². The molecule has 0 unspecified atom stereocenters. The van der Waals surface area contributed by atoms with Gasteiger partial charge in [-0.15, -0.1) is 0 Å². The van der Waals surface area contributed by atoms with Crippen molar-refractivity contribution in [3.8, 4) is 11.5 Å². The van der Waals surface area contributed by atoms with Gasteiger partial charge in [-0.2, -0.15) is 0 Å². The molecule has 0 saturated carbocycles. The van der Waals surface area contributed by atoms with Crippen molar-refractivity contribution in [2.24, 2.45) is 0 Å². The summed E-state index contributed by atoms with van der Waals surface area (Å²) >= 11 is 0. The molecule has 0 radical (unpaired) electrons. The fourth-order valence-corrected chi connectivity index (χ4v) is 3.28. The van der Waals surface area contributed by atoms with E-state index in [4.69, 9.17) is 9.47 Å². The van der Waals surface area contributed by atoms with Crippen molar-refractivity contribution in [2.75, 3.05) is 26.7 Å². The van der Waals surface area contributed by atoms with Crippen molar-refractivity contribution >= 4 is 16.7 Å². The van der Waals surface area contributed by atoms with E-state index in [1.807, 2.05) is 36.4 Å². The van der Waals surface area contributed by atoms with Gasteiger partial charge in [0, 0.05) is 11.8 Å². The third-order valence-corrected chi connectivity index (χ3v) is 4.58. The molecule has 1 heterocycles. The minimum Gasteiger partial charge on any atom is -0.493 e. The van der Waals surface area contributed by atoms with Crippen LogP contribution in [0, 0.1) is 0 Å². The molecule has 1 fully saturated rings. The van der Waals surface area contributed by atoms with E-state index in [0.29, 0.717) is 17.9 Å². The molecule has 1 aliphatic rings. The Balaban J connectivity index is 1.62. The maximum absolute atomic E-state index is 12.3. The smallest absolute Gasteiger partial charge is 0.311 e. The highest BCUT2D eigenvalue weighted by Crippen LogP contribution is 2.35. The van der Waals surface area contributed by atoms with Crippen LogP contribution in [0.1, 0.15) is 32.1 Å². The third kappa shape index (κ3) is 4.06. The minimum absolute atomic E-state index is 0.193. The molecular formula is C20H25NO3. The lowest BCUT2D eigenvalue weighted by Crippen LogP contribution is -2.31. The summed E-state index contributed by atoms with van der Waals surface area (Å²) in [7, 11) is 1.60. The quantitative estimate of drug-likeness (QED) is 0.593. The van der Waals surface area contributed by atoms with Crippen LogP contribution in [0.2, 0.25) is 0 Å². The van der Waals surface area contributed by atoms with Gasteiger partial charge in [-0.1, -0.05) is 36.8 Å². The van der Waals surface area contributed by atoms with Crippen LogP contribution < -0.4 is 9.47 Å². The Morgan fingerprint density at radius 1 is 1.08 bits per heavy atom. The fourth-order valence-electron chi connectivity index (χ4n) is 3.28. The zero-order valence-corrected chi connectivity index (χ0v) is 14.3. The predicted octanol–water partition coefficient (Wildman–Crippen LogP) is 4.02. The second-order valence-corrected chi connectivity index (χ2v) is 6.30. The number of rotatable bonds is 6. The van der Waals surface area contributed by atoms with E-state index in [9.17, 15) is 4.79 Å². The van der Waals surface area contributed by atoms with Crippen molar-refractivity contribution in [2.45, 2.75) is 32.1 Å². The van der Waals surface area contributed by atoms with Crippen molar-refractivity contribution < 1.29 is 14.3 Å². The highest BCUT2D eigenvalue weighted by atomic mass is 16.6. The monoisotopic (exact) mass is 327 g/mol. The normalized spacial score (nSPS) is 15.4. The van der Waals surface area contributed by atoms with Gasteiger partial charge < -0.3 is 14.4 Å². The number of carbonyl (C=O) groups is 1. The molecule has 4 nitrogen and oxygen atoms in total. The number of piperidine rings is 1. The van der Waals surface area contributed by atoms with Crippen molar-refractivity contribution in [1.82, 2.24) is 4.90 Å². The second-order valence-electron chi connectivity index (χ2n) is 6.30. The number of hydrogen-bond donors (Lipinski definition) is 0. The van der Waals surface area contributed by atoms with E-state index in [0.717, 1.165) is 36.8 Å². The average Bonchev–Trinajstić information content (AvgIpc) is 2.63. The van der Waals surface area contributed by atoms with Gasteiger partial charge >= 0.3 is 5.97 Å². The lowest BCUT2D eigenvalue weighted by atomic mass is 10.1. The molecule has 128 valence electrons. The molecule has 2 aromatic carbocycles. The van der Waals surface area contributed by atoms with Gasteiger partial charge in [0.25, 0.3) is 0 Å². The number of hydrogen-bond acceptors (Lipinski definition) is 4. The topological polar surface area (TPSA) is 38.8 Å². The molecule has 2 aromatic rings. The molecule has 24 heavy (non-hydrogen) atoms. The van der Waals surface area contributed by atoms with Gasteiger partial charge in [0.15, 0.2) is 11.5 Å². The van der Waals surface area contributed by atoms with Crippen LogP contribution in [0.15, 0.2) is 36.4 Å². The molecule has 0 amide bonds. The number of methoxy groups -OCH3 is 1. The molecule has 0 bridgehead atoms. The molecular weight excluding hydrogens is 302 g/mol. The molecule has 0 spiro atoms. The maximum atomic E-state index is 12.3. The SMILES string of the molecule is COc1ccc2ccccc2c1OC(=O)CCCN1CCCCC1. The first-order valence-electron chi connectivity index (χ1n) is 8.77. The largest absolute Gasteiger partial charge is 0.493 e. The van der Waals surface area contributed by atoms with Crippen LogP contribution in [0.5, 0.6) is 11.5 Å². The van der Waals surface area contributed by atoms with Crippen LogP contribution in [0.4, 0.5) is 0 Å². The Morgan fingerprint density at radius 2 is 1.88 bits per heavy atom. The molecule has 0 N–H and O–H groups in total. The summed E-state index contributed by atoms with van der Waals surface area (Å²) in [6.07, 6.45) is 5.16. The zero-order valence-electron chi connectivity index (χ0n) is 14.3. The number of carbonyl (C=O) groups excluding carboxylic acids is 1. The van der Waals surface area contributed by atoms with E-state index in [1.165, 1.54) is 19.3 Å².